The summed E-state index contributed by atoms with van der Waals surface area (Å²) < 4.78 is 30.6. The summed E-state index contributed by atoms with van der Waals surface area (Å²) in [5.74, 6) is -1.27. The minimum absolute atomic E-state index is 0.0133. The number of pyridine rings is 1. The Morgan fingerprint density at radius 1 is 1.35 bits per heavy atom. The van der Waals surface area contributed by atoms with Crippen molar-refractivity contribution in [3.63, 3.8) is 0 Å². The van der Waals surface area contributed by atoms with Gasteiger partial charge in [0.25, 0.3) is 5.91 Å². The van der Waals surface area contributed by atoms with Crippen molar-refractivity contribution >= 4 is 17.5 Å². The molecule has 1 fully saturated rings. The smallest absolute Gasteiger partial charge is 0.331 e. The largest absolute Gasteiger partial charge is 0.400 e. The van der Waals surface area contributed by atoms with Gasteiger partial charge in [0.1, 0.15) is 0 Å². The molecule has 4 rings (SSSR count). The van der Waals surface area contributed by atoms with E-state index in [1.807, 2.05) is 0 Å². The summed E-state index contributed by atoms with van der Waals surface area (Å²) in [5.41, 5.74) is 7.53. The zero-order chi connectivity index (χ0) is 18.5. The van der Waals surface area contributed by atoms with Crippen molar-refractivity contribution in [3.8, 4) is 11.4 Å². The van der Waals surface area contributed by atoms with Gasteiger partial charge in [-0.05, 0) is 30.5 Å². The predicted molar refractivity (Wildman–Crippen MR) is 87.4 cm³/mol. The van der Waals surface area contributed by atoms with Crippen molar-refractivity contribution in [2.45, 2.75) is 49.7 Å². The number of rotatable bonds is 3. The maximum atomic E-state index is 13.0. The zero-order valence-electron chi connectivity index (χ0n) is 13.7. The van der Waals surface area contributed by atoms with Crippen LogP contribution in [0.25, 0.3) is 11.4 Å². The number of amides is 1. The maximum absolute atomic E-state index is 13.0. The highest BCUT2D eigenvalue weighted by Gasteiger charge is 2.38. The van der Waals surface area contributed by atoms with Crippen LogP contribution in [0, 0.1) is 0 Å². The molecule has 1 saturated carbocycles. The quantitative estimate of drug-likeness (QED) is 0.818. The first-order valence-electron chi connectivity index (χ1n) is 8.31. The number of carbonyl (C=O) groups is 1. The molecule has 0 bridgehead atoms. The lowest BCUT2D eigenvalue weighted by atomic mass is 9.90. The van der Waals surface area contributed by atoms with E-state index in [1.54, 1.807) is 11.0 Å². The third-order valence-electron chi connectivity index (χ3n) is 4.89. The fourth-order valence-corrected chi connectivity index (χ4v) is 3.64. The van der Waals surface area contributed by atoms with Crippen molar-refractivity contribution in [2.24, 2.45) is 5.73 Å². The average Bonchev–Trinajstić information content (AvgIpc) is 3.21. The molecular weight excluding hydrogens is 368 g/mol. The maximum Gasteiger partial charge on any atom is 0.400 e. The third kappa shape index (κ3) is 2.95. The van der Waals surface area contributed by atoms with Crippen LogP contribution in [-0.4, -0.2) is 38.0 Å². The Bertz CT molecular complexity index is 853. The lowest BCUT2D eigenvalue weighted by Gasteiger charge is -2.35. The standard InChI is InChI=1S/C16H16ClF2N5O2/c17-16(18,19)15-22-13(23-26-15)8-5-9-11(21-6-8)7-24(14(9)25)12-4-2-1-3-10(12)20/h5-6,10,12H,1-4,7,20H2. The van der Waals surface area contributed by atoms with Crippen molar-refractivity contribution in [3.05, 3.63) is 29.4 Å². The minimum atomic E-state index is -3.75. The van der Waals surface area contributed by atoms with Gasteiger partial charge in [-0.2, -0.15) is 13.8 Å². The Labute approximate surface area is 152 Å². The molecule has 138 valence electrons. The molecule has 7 nitrogen and oxygen atoms in total. The van der Waals surface area contributed by atoms with E-state index < -0.39 is 11.3 Å². The predicted octanol–water partition coefficient (Wildman–Crippen LogP) is 2.65. The van der Waals surface area contributed by atoms with Crippen LogP contribution in [0.2, 0.25) is 0 Å². The first-order chi connectivity index (χ1) is 12.3. The summed E-state index contributed by atoms with van der Waals surface area (Å²) in [6, 6.07) is 1.48. The molecule has 1 amide bonds. The summed E-state index contributed by atoms with van der Waals surface area (Å²) in [7, 11) is 0. The molecule has 0 spiro atoms. The van der Waals surface area contributed by atoms with Crippen LogP contribution < -0.4 is 5.73 Å². The Morgan fingerprint density at radius 2 is 2.12 bits per heavy atom. The number of halogens is 3. The summed E-state index contributed by atoms with van der Waals surface area (Å²) in [6.07, 6.45) is 5.29. The molecule has 2 aliphatic rings. The Hall–Kier alpha value is -2.13. The van der Waals surface area contributed by atoms with E-state index in [0.29, 0.717) is 23.4 Å². The van der Waals surface area contributed by atoms with Crippen LogP contribution in [0.3, 0.4) is 0 Å². The average molecular weight is 384 g/mol. The summed E-state index contributed by atoms with van der Waals surface area (Å²) in [6.45, 7) is 0.393. The highest BCUT2D eigenvalue weighted by atomic mass is 35.5. The van der Waals surface area contributed by atoms with E-state index in [2.05, 4.69) is 19.6 Å². The number of fused-ring (bicyclic) bond motifs is 1. The van der Waals surface area contributed by atoms with Gasteiger partial charge < -0.3 is 15.2 Å². The fraction of sp³-hybridized carbons (Fsp3) is 0.500. The van der Waals surface area contributed by atoms with Gasteiger partial charge in [-0.1, -0.05) is 18.0 Å². The van der Waals surface area contributed by atoms with Crippen LogP contribution in [0.4, 0.5) is 8.78 Å². The number of nitrogens with zero attached hydrogens (tertiary/aromatic N) is 4. The van der Waals surface area contributed by atoms with Gasteiger partial charge in [0, 0.05) is 23.8 Å². The summed E-state index contributed by atoms with van der Waals surface area (Å²) in [4.78, 5) is 22.4. The van der Waals surface area contributed by atoms with Gasteiger partial charge in [0.2, 0.25) is 5.82 Å². The number of nitrogens with two attached hydrogens (primary N) is 1. The van der Waals surface area contributed by atoms with Gasteiger partial charge in [-0.3, -0.25) is 9.78 Å². The van der Waals surface area contributed by atoms with Crippen LogP contribution in [-0.2, 0) is 11.9 Å². The van der Waals surface area contributed by atoms with Gasteiger partial charge >= 0.3 is 11.3 Å². The number of hydrogen-bond acceptors (Lipinski definition) is 6. The van der Waals surface area contributed by atoms with E-state index in [0.717, 1.165) is 25.7 Å². The van der Waals surface area contributed by atoms with Gasteiger partial charge in [0.05, 0.1) is 17.8 Å². The molecule has 0 radical (unpaired) electrons. The lowest BCUT2D eigenvalue weighted by Crippen LogP contribution is -2.49. The molecule has 1 aliphatic carbocycles. The molecule has 2 aromatic rings. The van der Waals surface area contributed by atoms with Gasteiger partial charge in [-0.15, -0.1) is 0 Å². The number of aromatic nitrogens is 3. The molecule has 0 saturated heterocycles. The topological polar surface area (TPSA) is 98.1 Å². The molecule has 2 aromatic heterocycles. The second-order valence-corrected chi connectivity index (χ2v) is 7.06. The Kier molecular flexibility index (Phi) is 4.15. The number of alkyl halides is 3. The van der Waals surface area contributed by atoms with Crippen LogP contribution in [0.15, 0.2) is 16.8 Å². The minimum Gasteiger partial charge on any atom is -0.331 e. The third-order valence-corrected chi connectivity index (χ3v) is 5.05. The van der Waals surface area contributed by atoms with Gasteiger partial charge in [-0.25, -0.2) is 0 Å². The van der Waals surface area contributed by atoms with Crippen molar-refractivity contribution in [1.29, 1.82) is 0 Å². The number of hydrogen-bond donors (Lipinski definition) is 1. The lowest BCUT2D eigenvalue weighted by molar-refractivity contribution is 0.0550. The second kappa shape index (κ2) is 6.24. The molecule has 1 aliphatic heterocycles. The van der Waals surface area contributed by atoms with E-state index in [4.69, 9.17) is 17.3 Å². The molecule has 3 heterocycles. The monoisotopic (exact) mass is 383 g/mol. The Morgan fingerprint density at radius 3 is 2.81 bits per heavy atom. The van der Waals surface area contributed by atoms with E-state index in [9.17, 15) is 13.6 Å². The van der Waals surface area contributed by atoms with E-state index >= 15 is 0 Å². The van der Waals surface area contributed by atoms with Crippen molar-refractivity contribution in [2.75, 3.05) is 0 Å². The van der Waals surface area contributed by atoms with Crippen LogP contribution in [0.5, 0.6) is 0 Å². The second-order valence-electron chi connectivity index (χ2n) is 6.59. The molecule has 0 aromatic carbocycles. The SMILES string of the molecule is NC1CCCCC1N1Cc2ncc(-c3noc(C(F)(F)Cl)n3)cc2C1=O. The van der Waals surface area contributed by atoms with Crippen LogP contribution >= 0.6 is 11.6 Å². The molecule has 2 atom stereocenters. The fourth-order valence-electron chi connectivity index (χ4n) is 3.57. The summed E-state index contributed by atoms with van der Waals surface area (Å²) >= 11 is 4.88. The van der Waals surface area contributed by atoms with E-state index in [-0.39, 0.29) is 23.8 Å². The van der Waals surface area contributed by atoms with Gasteiger partial charge in [0.15, 0.2) is 0 Å². The van der Waals surface area contributed by atoms with Crippen molar-refractivity contribution < 1.29 is 18.1 Å². The summed E-state index contributed by atoms with van der Waals surface area (Å²) in [5, 5.41) is -0.262. The highest BCUT2D eigenvalue weighted by molar-refractivity contribution is 6.21. The highest BCUT2D eigenvalue weighted by Crippen LogP contribution is 2.34. The Balaban J connectivity index is 1.61. The molecule has 10 heteroatoms. The van der Waals surface area contributed by atoms with Crippen LogP contribution in [0.1, 0.15) is 47.6 Å². The molecule has 2 N–H and O–H groups in total. The first kappa shape index (κ1) is 17.3. The zero-order valence-corrected chi connectivity index (χ0v) is 14.4. The number of carbonyl (C=O) groups excluding carboxylic acids is 1. The van der Waals surface area contributed by atoms with Crippen molar-refractivity contribution in [1.82, 2.24) is 20.0 Å². The van der Waals surface area contributed by atoms with E-state index in [1.165, 1.54) is 6.20 Å². The first-order valence-corrected chi connectivity index (χ1v) is 8.69. The molecular formula is C16H16ClF2N5O2. The normalized spacial score (nSPS) is 23.4. The molecule has 26 heavy (non-hydrogen) atoms. The molecule has 2 unspecified atom stereocenters.